The van der Waals surface area contributed by atoms with E-state index < -0.39 is 43.1 Å². The minimum atomic E-state index is -2.91. The van der Waals surface area contributed by atoms with Crippen LogP contribution < -0.4 is 5.32 Å². The molecular formula is C28H39N3O5. The van der Waals surface area contributed by atoms with Crippen molar-refractivity contribution in [3.8, 4) is 0 Å². The smallest absolute Gasteiger partial charge is 0.437 e. The Labute approximate surface area is 218 Å². The van der Waals surface area contributed by atoms with Crippen molar-refractivity contribution in [3.05, 3.63) is 61.2 Å². The first-order valence-electron chi connectivity index (χ1n) is 13.9. The predicted molar refractivity (Wildman–Crippen MR) is 140 cm³/mol. The zero-order chi connectivity index (χ0) is 28.7. The van der Waals surface area contributed by atoms with Gasteiger partial charge in [-0.3, -0.25) is 14.9 Å². The molecule has 1 fully saturated rings. The number of carbonyl (C=O) groups is 3. The Morgan fingerprint density at radius 1 is 1.14 bits per heavy atom. The lowest BCUT2D eigenvalue weighted by molar-refractivity contribution is -0.170. The van der Waals surface area contributed by atoms with E-state index in [2.05, 4.69) is 23.5 Å². The highest BCUT2D eigenvalue weighted by Crippen LogP contribution is 2.39. The molecule has 1 saturated carbocycles. The molecule has 1 aliphatic rings. The van der Waals surface area contributed by atoms with E-state index in [1.54, 1.807) is 36.4 Å². The third-order valence-corrected chi connectivity index (χ3v) is 5.91. The number of nitrogens with one attached hydrogen (secondary N) is 1. The molecule has 2 rings (SSSR count). The highest BCUT2D eigenvalue weighted by molar-refractivity contribution is 6.01. The molecule has 1 aliphatic carbocycles. The lowest BCUT2D eigenvalue weighted by atomic mass is 9.76. The summed E-state index contributed by atoms with van der Waals surface area (Å²) in [5.74, 6) is -1.92. The number of esters is 1. The summed E-state index contributed by atoms with van der Waals surface area (Å²) < 4.78 is 34.9. The number of unbranched alkanes of at least 4 members (excludes halogenated alkanes) is 3. The maximum Gasteiger partial charge on any atom is 0.437 e. The van der Waals surface area contributed by atoms with Crippen molar-refractivity contribution in [2.75, 3.05) is 13.5 Å². The van der Waals surface area contributed by atoms with Crippen LogP contribution >= 0.6 is 0 Å². The van der Waals surface area contributed by atoms with Crippen LogP contribution in [0.5, 0.6) is 0 Å². The second kappa shape index (κ2) is 15.5. The van der Waals surface area contributed by atoms with Gasteiger partial charge in [0.2, 0.25) is 11.9 Å². The summed E-state index contributed by atoms with van der Waals surface area (Å²) >= 11 is 0. The average molecular weight is 501 g/mol. The van der Waals surface area contributed by atoms with Gasteiger partial charge in [0.25, 0.3) is 0 Å². The largest absolute Gasteiger partial charge is 0.458 e. The number of carbonyl (C=O) groups excluding carboxylic acids is 3. The van der Waals surface area contributed by atoms with Crippen LogP contribution in [0, 0.1) is 0 Å². The summed E-state index contributed by atoms with van der Waals surface area (Å²) in [7, 11) is 0. The van der Waals surface area contributed by atoms with Crippen molar-refractivity contribution < 1.29 is 28.0 Å². The first-order chi connectivity index (χ1) is 18.6. The molecule has 0 aliphatic heterocycles. The van der Waals surface area contributed by atoms with E-state index in [0.717, 1.165) is 25.7 Å². The van der Waals surface area contributed by atoms with Gasteiger partial charge >= 0.3 is 12.1 Å². The van der Waals surface area contributed by atoms with E-state index in [4.69, 9.17) is 13.6 Å². The fourth-order valence-corrected chi connectivity index (χ4v) is 3.75. The van der Waals surface area contributed by atoms with Gasteiger partial charge in [-0.25, -0.2) is 4.79 Å². The van der Waals surface area contributed by atoms with E-state index in [1.807, 2.05) is 6.07 Å². The molecule has 1 aromatic rings. The van der Waals surface area contributed by atoms with Gasteiger partial charge in [-0.2, -0.15) is 0 Å². The van der Waals surface area contributed by atoms with Crippen LogP contribution in [0.25, 0.3) is 0 Å². The summed E-state index contributed by atoms with van der Waals surface area (Å²) in [6.45, 7) is 3.61. The summed E-state index contributed by atoms with van der Waals surface area (Å²) in [5.41, 5.74) is 0.0412. The van der Waals surface area contributed by atoms with Crippen LogP contribution in [-0.4, -0.2) is 48.0 Å². The second-order valence-electron chi connectivity index (χ2n) is 8.84. The number of rotatable bonds is 14. The molecular weight excluding hydrogens is 458 g/mol. The third-order valence-electron chi connectivity index (χ3n) is 5.91. The highest BCUT2D eigenvalue weighted by atomic mass is 16.6. The fourth-order valence-electron chi connectivity index (χ4n) is 3.75. The van der Waals surface area contributed by atoms with E-state index in [-0.39, 0.29) is 13.0 Å². The van der Waals surface area contributed by atoms with Crippen molar-refractivity contribution in [1.29, 1.82) is 0 Å². The summed E-state index contributed by atoms with van der Waals surface area (Å²) in [4.78, 5) is 42.5. The van der Waals surface area contributed by atoms with E-state index in [1.165, 1.54) is 0 Å². The van der Waals surface area contributed by atoms with E-state index in [9.17, 15) is 14.4 Å². The van der Waals surface area contributed by atoms with Gasteiger partial charge in [0.05, 0.1) is 0 Å². The van der Waals surface area contributed by atoms with E-state index in [0.29, 0.717) is 42.6 Å². The normalized spacial score (nSPS) is 15.8. The number of hydrogen-bond donors (Lipinski definition) is 1. The van der Waals surface area contributed by atoms with Gasteiger partial charge in [0, 0.05) is 17.5 Å². The van der Waals surface area contributed by atoms with Crippen LogP contribution in [0.15, 0.2) is 60.6 Å². The molecule has 0 aromatic heterocycles. The molecule has 8 nitrogen and oxygen atoms in total. The Hall–Kier alpha value is -3.42. The molecule has 0 saturated heterocycles. The van der Waals surface area contributed by atoms with Gasteiger partial charge in [0.1, 0.15) is 18.8 Å². The summed E-state index contributed by atoms with van der Waals surface area (Å²) in [5, 5.41) is 2.41. The minimum Gasteiger partial charge on any atom is -0.458 e. The number of likely N-dealkylation sites (N-methyl/N-ethyl adjacent to an activating group) is 1. The van der Waals surface area contributed by atoms with Gasteiger partial charge in [-0.1, -0.05) is 48.9 Å². The van der Waals surface area contributed by atoms with Gasteiger partial charge in [-0.15, -0.1) is 18.2 Å². The molecule has 36 heavy (non-hydrogen) atoms. The SMILES string of the molecule is [2H]C([2H])([2H])N(CC(=O)OC1(CCC=C)CCC1)/C(=N\C(=O)OCc1ccccc1)NC(=O)CCCCCC=C. The number of ether oxygens (including phenoxy) is 2. The van der Waals surface area contributed by atoms with Crippen LogP contribution in [-0.2, 0) is 25.7 Å². The number of hydrogen-bond acceptors (Lipinski definition) is 5. The van der Waals surface area contributed by atoms with Crippen LogP contribution in [0.1, 0.15) is 73.9 Å². The fraction of sp³-hybridized carbons (Fsp3) is 0.500. The Balaban J connectivity index is 2.19. The highest BCUT2D eigenvalue weighted by Gasteiger charge is 2.40. The zero-order valence-electron chi connectivity index (χ0n) is 23.9. The lowest BCUT2D eigenvalue weighted by Crippen LogP contribution is -2.48. The number of benzene rings is 1. The number of aliphatic imine (C=N–C) groups is 1. The Bertz CT molecular complexity index is 1010. The van der Waals surface area contributed by atoms with Crippen molar-refractivity contribution in [3.63, 3.8) is 0 Å². The molecule has 0 spiro atoms. The summed E-state index contributed by atoms with van der Waals surface area (Å²) in [6, 6.07) is 8.86. The molecule has 1 aromatic carbocycles. The number of allylic oxidation sites excluding steroid dienone is 2. The standard InChI is InChI=1S/C28H39N3O5/c1-4-6-8-9-13-17-24(32)29-26(30-27(34)35-22-23-15-11-10-12-16-23)31(3)21-25(33)36-28(18-7-5-2)19-14-20-28/h4-5,10-12,15-16H,1-2,6-9,13-14,17-22H2,3H3,(H,29,30,32,34)/i3D3. The molecule has 0 heterocycles. The predicted octanol–water partition coefficient (Wildman–Crippen LogP) is 5.30. The average Bonchev–Trinajstić information content (AvgIpc) is 2.87. The third kappa shape index (κ3) is 10.5. The molecule has 8 heteroatoms. The topological polar surface area (TPSA) is 97.3 Å². The number of guanidine groups is 1. The molecule has 0 radical (unpaired) electrons. The first kappa shape index (κ1) is 24.3. The van der Waals surface area contributed by atoms with Gasteiger partial charge < -0.3 is 14.4 Å². The Kier molecular flexibility index (Phi) is 10.5. The summed E-state index contributed by atoms with van der Waals surface area (Å²) in [6.07, 6.45) is 9.01. The van der Waals surface area contributed by atoms with Crippen molar-refractivity contribution >= 4 is 23.9 Å². The lowest BCUT2D eigenvalue weighted by Gasteiger charge is -2.41. The van der Waals surface area contributed by atoms with Gasteiger partial charge in [-0.05, 0) is 56.9 Å². The monoisotopic (exact) mass is 500 g/mol. The molecule has 0 bridgehead atoms. The Morgan fingerprint density at radius 2 is 1.89 bits per heavy atom. The van der Waals surface area contributed by atoms with Crippen molar-refractivity contribution in [1.82, 2.24) is 10.2 Å². The van der Waals surface area contributed by atoms with E-state index >= 15 is 0 Å². The van der Waals surface area contributed by atoms with Crippen molar-refractivity contribution in [2.45, 2.75) is 76.4 Å². The zero-order valence-corrected chi connectivity index (χ0v) is 20.9. The van der Waals surface area contributed by atoms with Crippen LogP contribution in [0.3, 0.4) is 0 Å². The van der Waals surface area contributed by atoms with Gasteiger partial charge in [0.15, 0.2) is 0 Å². The first-order valence-corrected chi connectivity index (χ1v) is 12.4. The number of amides is 2. The quantitative estimate of drug-likeness (QED) is 0.122. The molecule has 2 amide bonds. The number of nitrogens with zero attached hydrogens (tertiary/aromatic N) is 2. The molecule has 1 N–H and O–H groups in total. The van der Waals surface area contributed by atoms with Crippen LogP contribution in [0.4, 0.5) is 4.79 Å². The molecule has 196 valence electrons. The molecule has 0 unspecified atom stereocenters. The Morgan fingerprint density at radius 3 is 2.53 bits per heavy atom. The maximum absolute atomic E-state index is 12.9. The molecule has 0 atom stereocenters. The van der Waals surface area contributed by atoms with Crippen molar-refractivity contribution in [2.24, 2.45) is 4.99 Å². The second-order valence-corrected chi connectivity index (χ2v) is 8.84. The van der Waals surface area contributed by atoms with Crippen LogP contribution in [0.2, 0.25) is 0 Å². The minimum absolute atomic E-state index is 0.0825. The maximum atomic E-state index is 12.9.